The topological polar surface area (TPSA) is 46.6 Å². The summed E-state index contributed by atoms with van der Waals surface area (Å²) < 4.78 is 18.5. The van der Waals surface area contributed by atoms with Gasteiger partial charge in [0.05, 0.1) is 18.4 Å². The predicted octanol–water partition coefficient (Wildman–Crippen LogP) is 2.36. The van der Waals surface area contributed by atoms with Crippen molar-refractivity contribution in [3.05, 3.63) is 29.6 Å². The number of carbonyl (C=O) groups is 2. The van der Waals surface area contributed by atoms with E-state index in [9.17, 15) is 14.0 Å². The molecule has 1 fully saturated rings. The first kappa shape index (κ1) is 14.0. The maximum Gasteiger partial charge on any atom is 0.337 e. The number of anilines is 1. The zero-order chi connectivity index (χ0) is 14.0. The lowest BCUT2D eigenvalue weighted by atomic mass is 10.1. The molecule has 1 saturated heterocycles. The van der Waals surface area contributed by atoms with Crippen LogP contribution in [0.2, 0.25) is 0 Å². The van der Waals surface area contributed by atoms with E-state index in [4.69, 9.17) is 0 Å². The highest BCUT2D eigenvalue weighted by Gasteiger charge is 2.31. The molecule has 102 valence electrons. The number of benzene rings is 1. The Bertz CT molecular complexity index is 521. The fourth-order valence-electron chi connectivity index (χ4n) is 2.09. The van der Waals surface area contributed by atoms with Crippen molar-refractivity contribution < 1.29 is 18.7 Å². The molecule has 0 aliphatic carbocycles. The summed E-state index contributed by atoms with van der Waals surface area (Å²) in [5, 5.41) is 0.705. The lowest BCUT2D eigenvalue weighted by Gasteiger charge is -2.17. The molecule has 19 heavy (non-hydrogen) atoms. The molecule has 1 heterocycles. The predicted molar refractivity (Wildman–Crippen MR) is 72.0 cm³/mol. The van der Waals surface area contributed by atoms with Crippen LogP contribution in [0.4, 0.5) is 10.1 Å². The maximum absolute atomic E-state index is 14.0. The van der Waals surface area contributed by atoms with Crippen LogP contribution in [-0.4, -0.2) is 30.9 Å². The quantitative estimate of drug-likeness (QED) is 0.631. The van der Waals surface area contributed by atoms with Gasteiger partial charge < -0.3 is 9.64 Å². The second kappa shape index (κ2) is 5.69. The Kier molecular flexibility index (Phi) is 4.19. The highest BCUT2D eigenvalue weighted by molar-refractivity contribution is 9.09. The number of rotatable bonds is 3. The van der Waals surface area contributed by atoms with Crippen LogP contribution in [0.3, 0.4) is 0 Å². The fraction of sp³-hybridized carbons (Fsp3) is 0.385. The molecule has 0 bridgehead atoms. The molecular formula is C13H13BrFNO3. The second-order valence-corrected chi connectivity index (χ2v) is 5.03. The van der Waals surface area contributed by atoms with Crippen molar-refractivity contribution in [3.63, 3.8) is 0 Å². The Hall–Kier alpha value is -1.43. The van der Waals surface area contributed by atoms with Gasteiger partial charge in [0.15, 0.2) is 0 Å². The van der Waals surface area contributed by atoms with Crippen LogP contribution >= 0.6 is 15.9 Å². The number of carbonyl (C=O) groups excluding carboxylic acids is 2. The van der Waals surface area contributed by atoms with Crippen LogP contribution in [0.25, 0.3) is 0 Å². The van der Waals surface area contributed by atoms with E-state index in [0.717, 1.165) is 6.07 Å². The minimum Gasteiger partial charge on any atom is -0.465 e. The van der Waals surface area contributed by atoms with Gasteiger partial charge in [-0.25, -0.2) is 9.18 Å². The minimum absolute atomic E-state index is 0.103. The van der Waals surface area contributed by atoms with Gasteiger partial charge in [0.1, 0.15) is 5.82 Å². The van der Waals surface area contributed by atoms with Crippen molar-refractivity contribution >= 4 is 33.5 Å². The fourth-order valence-corrected chi connectivity index (χ4v) is 2.52. The zero-order valence-corrected chi connectivity index (χ0v) is 11.9. The number of esters is 1. The molecular weight excluding hydrogens is 317 g/mol. The summed E-state index contributed by atoms with van der Waals surface area (Å²) in [4.78, 5) is 24.5. The van der Waals surface area contributed by atoms with Crippen molar-refractivity contribution in [2.45, 2.75) is 6.42 Å². The van der Waals surface area contributed by atoms with Crippen molar-refractivity contribution in [1.82, 2.24) is 0 Å². The molecule has 4 nitrogen and oxygen atoms in total. The summed E-state index contributed by atoms with van der Waals surface area (Å²) in [6, 6.07) is 3.99. The monoisotopic (exact) mass is 329 g/mol. The van der Waals surface area contributed by atoms with Gasteiger partial charge in [-0.15, -0.1) is 0 Å². The van der Waals surface area contributed by atoms with Gasteiger partial charge in [-0.1, -0.05) is 15.9 Å². The highest BCUT2D eigenvalue weighted by Crippen LogP contribution is 2.28. The molecule has 0 saturated carbocycles. The van der Waals surface area contributed by atoms with E-state index in [-0.39, 0.29) is 23.1 Å². The van der Waals surface area contributed by atoms with Crippen molar-refractivity contribution in [1.29, 1.82) is 0 Å². The lowest BCUT2D eigenvalue weighted by molar-refractivity contribution is -0.117. The highest BCUT2D eigenvalue weighted by atomic mass is 79.9. The summed E-state index contributed by atoms with van der Waals surface area (Å²) in [6.07, 6.45) is 0.406. The largest absolute Gasteiger partial charge is 0.465 e. The van der Waals surface area contributed by atoms with Crippen LogP contribution in [0, 0.1) is 11.7 Å². The minimum atomic E-state index is -0.600. The molecule has 1 aliphatic heterocycles. The third kappa shape index (κ3) is 2.78. The molecule has 1 aromatic rings. The third-order valence-electron chi connectivity index (χ3n) is 3.08. The molecule has 1 aliphatic rings. The van der Waals surface area contributed by atoms with Crippen LogP contribution in [0.5, 0.6) is 0 Å². The molecule has 0 spiro atoms. The van der Waals surface area contributed by atoms with Gasteiger partial charge in [-0.2, -0.15) is 0 Å². The molecule has 6 heteroatoms. The molecule has 0 N–H and O–H groups in total. The van der Waals surface area contributed by atoms with Gasteiger partial charge in [0.25, 0.3) is 0 Å². The van der Waals surface area contributed by atoms with E-state index < -0.39 is 11.8 Å². The van der Waals surface area contributed by atoms with Gasteiger partial charge in [0.2, 0.25) is 5.91 Å². The first-order chi connectivity index (χ1) is 9.06. The molecule has 2 rings (SSSR count). The Labute approximate surface area is 118 Å². The number of ether oxygens (including phenoxy) is 1. The molecule has 1 unspecified atom stereocenters. The van der Waals surface area contributed by atoms with E-state index in [2.05, 4.69) is 20.7 Å². The Morgan fingerprint density at radius 1 is 1.58 bits per heavy atom. The maximum atomic E-state index is 14.0. The van der Waals surface area contributed by atoms with Gasteiger partial charge in [-0.3, -0.25) is 4.79 Å². The Morgan fingerprint density at radius 2 is 2.32 bits per heavy atom. The van der Waals surface area contributed by atoms with Crippen LogP contribution in [0.1, 0.15) is 16.8 Å². The molecule has 1 aromatic carbocycles. The van der Waals surface area contributed by atoms with E-state index in [1.54, 1.807) is 0 Å². The lowest BCUT2D eigenvalue weighted by Crippen LogP contribution is -2.25. The number of halogens is 2. The number of hydrogen-bond donors (Lipinski definition) is 0. The number of hydrogen-bond acceptors (Lipinski definition) is 3. The summed E-state index contributed by atoms with van der Waals surface area (Å²) >= 11 is 3.33. The van der Waals surface area contributed by atoms with E-state index in [0.29, 0.717) is 18.3 Å². The van der Waals surface area contributed by atoms with Crippen molar-refractivity contribution in [2.75, 3.05) is 23.9 Å². The van der Waals surface area contributed by atoms with Crippen LogP contribution in [-0.2, 0) is 9.53 Å². The first-order valence-electron chi connectivity index (χ1n) is 5.81. The third-order valence-corrected chi connectivity index (χ3v) is 4.00. The van der Waals surface area contributed by atoms with Crippen LogP contribution < -0.4 is 4.90 Å². The number of alkyl halides is 1. The molecule has 0 radical (unpaired) electrons. The average molecular weight is 330 g/mol. The standard InChI is InChI=1S/C13H13BrFNO3/c1-19-13(18)9-2-3-11(10(15)5-9)16-7-8(6-14)4-12(16)17/h2-3,5,8H,4,6-7H2,1H3. The summed E-state index contributed by atoms with van der Waals surface area (Å²) in [6.45, 7) is 0.485. The second-order valence-electron chi connectivity index (χ2n) is 4.39. The Morgan fingerprint density at radius 3 is 2.84 bits per heavy atom. The van der Waals surface area contributed by atoms with Crippen molar-refractivity contribution in [2.24, 2.45) is 5.92 Å². The van der Waals surface area contributed by atoms with Gasteiger partial charge in [0, 0.05) is 18.3 Å². The number of nitrogens with zero attached hydrogens (tertiary/aromatic N) is 1. The summed E-state index contributed by atoms with van der Waals surface area (Å²) in [5.41, 5.74) is 0.341. The number of amides is 1. The molecule has 1 atom stereocenters. The SMILES string of the molecule is COC(=O)c1ccc(N2CC(CBr)CC2=O)c(F)c1. The van der Waals surface area contributed by atoms with E-state index in [1.807, 2.05) is 0 Å². The summed E-state index contributed by atoms with van der Waals surface area (Å²) in [7, 11) is 1.23. The van der Waals surface area contributed by atoms with E-state index in [1.165, 1.54) is 24.1 Å². The zero-order valence-electron chi connectivity index (χ0n) is 10.4. The normalized spacial score (nSPS) is 18.8. The first-order valence-corrected chi connectivity index (χ1v) is 6.93. The van der Waals surface area contributed by atoms with Gasteiger partial charge in [-0.05, 0) is 24.1 Å². The van der Waals surface area contributed by atoms with Crippen molar-refractivity contribution in [3.8, 4) is 0 Å². The number of methoxy groups -OCH3 is 1. The van der Waals surface area contributed by atoms with Gasteiger partial charge >= 0.3 is 5.97 Å². The molecule has 0 aromatic heterocycles. The Balaban J connectivity index is 2.27. The summed E-state index contributed by atoms with van der Waals surface area (Å²) in [5.74, 6) is -1.11. The molecule has 1 amide bonds. The van der Waals surface area contributed by atoms with Crippen LogP contribution in [0.15, 0.2) is 18.2 Å². The smallest absolute Gasteiger partial charge is 0.337 e. The van der Waals surface area contributed by atoms with E-state index >= 15 is 0 Å². The average Bonchev–Trinajstić information content (AvgIpc) is 2.79.